The molecule has 4 aromatic carbocycles. The van der Waals surface area contributed by atoms with Crippen LogP contribution < -0.4 is 25.6 Å². The van der Waals surface area contributed by atoms with E-state index >= 15 is 4.57 Å². The second-order valence-electron chi connectivity index (χ2n) is 12.3. The molecule has 0 aliphatic rings. The van der Waals surface area contributed by atoms with E-state index in [9.17, 15) is 0 Å². The van der Waals surface area contributed by atoms with Crippen molar-refractivity contribution in [3.05, 3.63) is 114 Å². The maximum atomic E-state index is 15.2. The first-order valence-corrected chi connectivity index (χ1v) is 15.3. The van der Waals surface area contributed by atoms with Crippen LogP contribution in [0.4, 0.5) is 5.69 Å². The predicted octanol–water partition coefficient (Wildman–Crippen LogP) is 7.57. The number of methoxy groups -OCH3 is 1. The summed E-state index contributed by atoms with van der Waals surface area (Å²) < 4.78 is 21.3. The zero-order valence-electron chi connectivity index (χ0n) is 24.7. The average Bonchev–Trinajstić information content (AvgIpc) is 2.92. The van der Waals surface area contributed by atoms with Crippen molar-refractivity contribution < 1.29 is 9.30 Å². The van der Waals surface area contributed by atoms with Crippen molar-refractivity contribution in [3.63, 3.8) is 0 Å². The van der Waals surface area contributed by atoms with Crippen molar-refractivity contribution >= 4 is 28.7 Å². The lowest BCUT2D eigenvalue weighted by Crippen LogP contribution is -2.30. The number of anilines is 1. The molecule has 0 spiro atoms. The summed E-state index contributed by atoms with van der Waals surface area (Å²) in [5.41, 5.74) is 4.48. The Labute approximate surface area is 235 Å². The average molecular weight is 540 g/mol. The Morgan fingerprint density at radius 2 is 1.23 bits per heavy atom. The summed E-state index contributed by atoms with van der Waals surface area (Å²) in [5, 5.41) is 2.51. The molecule has 4 aromatic rings. The third-order valence-corrected chi connectivity index (χ3v) is 10.4. The summed E-state index contributed by atoms with van der Waals surface area (Å²) in [6.07, 6.45) is 0. The Balaban J connectivity index is 1.88. The van der Waals surface area contributed by atoms with E-state index in [0.717, 1.165) is 32.9 Å². The van der Waals surface area contributed by atoms with Crippen molar-refractivity contribution in [2.45, 2.75) is 58.9 Å². The largest absolute Gasteiger partial charge is 0.496 e. The molecule has 0 amide bonds. The molecule has 0 bridgehead atoms. The van der Waals surface area contributed by atoms with Gasteiger partial charge >= 0.3 is 0 Å². The molecule has 0 saturated heterocycles. The van der Waals surface area contributed by atoms with E-state index in [1.54, 1.807) is 7.11 Å². The Morgan fingerprint density at radius 1 is 0.718 bits per heavy atom. The maximum absolute atomic E-state index is 15.2. The van der Waals surface area contributed by atoms with Crippen LogP contribution in [0, 0.1) is 0 Å². The first-order valence-electron chi connectivity index (χ1n) is 13.6. The molecule has 0 aliphatic carbocycles. The third kappa shape index (κ3) is 5.85. The molecule has 4 heteroatoms. The summed E-state index contributed by atoms with van der Waals surface area (Å²) in [6.45, 7) is 14.1. The van der Waals surface area contributed by atoms with Gasteiger partial charge in [-0.25, -0.2) is 0 Å². The lowest BCUT2D eigenvalue weighted by atomic mass is 9.79. The van der Waals surface area contributed by atoms with Crippen molar-refractivity contribution in [1.82, 2.24) is 0 Å². The van der Waals surface area contributed by atoms with Crippen LogP contribution in [-0.2, 0) is 21.9 Å². The molecule has 4 rings (SSSR count). The van der Waals surface area contributed by atoms with Gasteiger partial charge in [-0.3, -0.25) is 0 Å². The van der Waals surface area contributed by atoms with Gasteiger partial charge in [0.1, 0.15) is 5.75 Å². The summed E-state index contributed by atoms with van der Waals surface area (Å²) >= 11 is 0. The number of para-hydroxylation sites is 1. The molecule has 39 heavy (non-hydrogen) atoms. The van der Waals surface area contributed by atoms with Crippen LogP contribution in [0.15, 0.2) is 97.1 Å². The monoisotopic (exact) mass is 539 g/mol. The molecule has 0 aromatic heterocycles. The van der Waals surface area contributed by atoms with Gasteiger partial charge in [0.2, 0.25) is 0 Å². The van der Waals surface area contributed by atoms with E-state index in [-0.39, 0.29) is 10.8 Å². The van der Waals surface area contributed by atoms with Crippen LogP contribution in [0.2, 0.25) is 0 Å². The fraction of sp³-hybridized carbons (Fsp3) is 0.314. The smallest absolute Gasteiger partial charge is 0.173 e. The second-order valence-corrected chi connectivity index (χ2v) is 15.1. The van der Waals surface area contributed by atoms with Gasteiger partial charge in [0.15, 0.2) is 7.14 Å². The van der Waals surface area contributed by atoms with E-state index in [1.165, 1.54) is 11.1 Å². The molecule has 0 unspecified atom stereocenters. The normalized spacial score (nSPS) is 12.3. The van der Waals surface area contributed by atoms with Gasteiger partial charge in [0.05, 0.1) is 7.11 Å². The van der Waals surface area contributed by atoms with Gasteiger partial charge in [0.25, 0.3) is 0 Å². The summed E-state index contributed by atoms with van der Waals surface area (Å²) in [7, 11) is 0.708. The maximum Gasteiger partial charge on any atom is 0.173 e. The number of rotatable bonds is 7. The van der Waals surface area contributed by atoms with Crippen molar-refractivity contribution in [1.29, 1.82) is 0 Å². The number of hydrogen-bond acceptors (Lipinski definition) is 3. The molecular formula is C35H42NO2P. The fourth-order valence-corrected chi connectivity index (χ4v) is 8.04. The lowest BCUT2D eigenvalue weighted by Gasteiger charge is -2.31. The van der Waals surface area contributed by atoms with E-state index in [2.05, 4.69) is 71.7 Å². The predicted molar refractivity (Wildman–Crippen MR) is 168 cm³/mol. The minimum Gasteiger partial charge on any atom is -0.496 e. The van der Waals surface area contributed by atoms with E-state index in [0.29, 0.717) is 6.54 Å². The van der Waals surface area contributed by atoms with Crippen LogP contribution in [-0.4, -0.2) is 14.2 Å². The standard InChI is InChI=1S/C35H42NO2P/c1-34(2,3)27-23-26(33(38-8)30(24-27)35(4,5)6)25-36(7)31-21-15-16-22-32(31)39(37,28-17-11-9-12-18-28)29-19-13-10-14-20-29/h9-24H,25H2,1-8H3. The highest BCUT2D eigenvalue weighted by atomic mass is 31.2. The summed E-state index contributed by atoms with van der Waals surface area (Å²) in [6, 6.07) is 32.4. The molecule has 0 N–H and O–H groups in total. The molecule has 0 fully saturated rings. The van der Waals surface area contributed by atoms with Gasteiger partial charge in [0, 0.05) is 46.3 Å². The molecule has 0 heterocycles. The minimum absolute atomic E-state index is 0.00613. The first-order chi connectivity index (χ1) is 18.4. The van der Waals surface area contributed by atoms with Crippen LogP contribution in [0.1, 0.15) is 58.2 Å². The highest BCUT2D eigenvalue weighted by Crippen LogP contribution is 2.45. The SMILES string of the molecule is COc1c(CN(C)c2ccccc2P(=O)(c2ccccc2)c2ccccc2)cc(C(C)(C)C)cc1C(C)(C)C. The van der Waals surface area contributed by atoms with E-state index in [4.69, 9.17) is 4.74 Å². The van der Waals surface area contributed by atoms with Gasteiger partial charge < -0.3 is 14.2 Å². The molecule has 204 valence electrons. The van der Waals surface area contributed by atoms with Crippen LogP contribution in [0.25, 0.3) is 0 Å². The van der Waals surface area contributed by atoms with Crippen LogP contribution >= 0.6 is 7.14 Å². The number of benzene rings is 4. The minimum atomic E-state index is -3.14. The molecule has 0 saturated carbocycles. The Kier molecular flexibility index (Phi) is 8.14. The Bertz CT molecular complexity index is 1420. The summed E-state index contributed by atoms with van der Waals surface area (Å²) in [4.78, 5) is 2.21. The number of ether oxygens (including phenoxy) is 1. The molecule has 0 radical (unpaired) electrons. The Hall–Kier alpha value is -3.29. The Morgan fingerprint density at radius 3 is 1.72 bits per heavy atom. The third-order valence-electron chi connectivity index (χ3n) is 7.32. The van der Waals surface area contributed by atoms with Gasteiger partial charge in [-0.15, -0.1) is 0 Å². The topological polar surface area (TPSA) is 29.5 Å². The second kappa shape index (κ2) is 11.1. The summed E-state index contributed by atoms with van der Waals surface area (Å²) in [5.74, 6) is 0.925. The highest BCUT2D eigenvalue weighted by Gasteiger charge is 2.33. The van der Waals surface area contributed by atoms with Gasteiger partial charge in [-0.05, 0) is 34.6 Å². The molecule has 3 nitrogen and oxygen atoms in total. The van der Waals surface area contributed by atoms with E-state index < -0.39 is 7.14 Å². The highest BCUT2D eigenvalue weighted by molar-refractivity contribution is 7.85. The fourth-order valence-electron chi connectivity index (χ4n) is 5.13. The van der Waals surface area contributed by atoms with E-state index in [1.807, 2.05) is 78.9 Å². The van der Waals surface area contributed by atoms with Crippen molar-refractivity contribution in [2.24, 2.45) is 0 Å². The van der Waals surface area contributed by atoms with Crippen LogP contribution in [0.5, 0.6) is 5.75 Å². The lowest BCUT2D eigenvalue weighted by molar-refractivity contribution is 0.391. The van der Waals surface area contributed by atoms with Gasteiger partial charge in [-0.2, -0.15) is 0 Å². The zero-order valence-corrected chi connectivity index (χ0v) is 25.6. The molecule has 0 aliphatic heterocycles. The molecule has 0 atom stereocenters. The number of nitrogens with zero attached hydrogens (tertiary/aromatic N) is 1. The zero-order chi connectivity index (χ0) is 28.4. The van der Waals surface area contributed by atoms with Crippen molar-refractivity contribution in [2.75, 3.05) is 19.1 Å². The number of hydrogen-bond donors (Lipinski definition) is 0. The quantitative estimate of drug-likeness (QED) is 0.227. The first kappa shape index (κ1) is 28.7. The van der Waals surface area contributed by atoms with Gasteiger partial charge in [-0.1, -0.05) is 120 Å². The van der Waals surface area contributed by atoms with Crippen molar-refractivity contribution in [3.8, 4) is 5.75 Å². The molecular weight excluding hydrogens is 497 g/mol. The van der Waals surface area contributed by atoms with Crippen LogP contribution in [0.3, 0.4) is 0 Å².